The van der Waals surface area contributed by atoms with E-state index in [9.17, 15) is 4.79 Å². The van der Waals surface area contributed by atoms with Crippen molar-refractivity contribution in [2.45, 2.75) is 57.9 Å². The molecule has 1 fully saturated rings. The minimum absolute atomic E-state index is 0. The van der Waals surface area contributed by atoms with Gasteiger partial charge in [0.15, 0.2) is 11.5 Å². The van der Waals surface area contributed by atoms with Crippen LogP contribution in [0.2, 0.25) is 0 Å². The number of nitrogens with zero attached hydrogens (tertiary/aromatic N) is 1. The van der Waals surface area contributed by atoms with E-state index in [4.69, 9.17) is 9.47 Å². The van der Waals surface area contributed by atoms with E-state index in [0.717, 1.165) is 49.5 Å². The molecule has 0 aliphatic heterocycles. The molecule has 0 radical (unpaired) electrons. The molecular weight excluding hydrogens is 423 g/mol. The molecule has 2 rings (SSSR count). The van der Waals surface area contributed by atoms with Gasteiger partial charge in [-0.3, -0.25) is 4.79 Å². The number of benzene rings is 1. The van der Waals surface area contributed by atoms with Crippen LogP contribution < -0.4 is 14.8 Å². The van der Waals surface area contributed by atoms with Gasteiger partial charge in [-0.25, -0.2) is 0 Å². The number of hydrogen-bond donors (Lipinski definition) is 1. The van der Waals surface area contributed by atoms with Gasteiger partial charge < -0.3 is 19.7 Å². The zero-order valence-electron chi connectivity index (χ0n) is 19.0. The van der Waals surface area contributed by atoms with Gasteiger partial charge in [0.05, 0.1) is 13.7 Å². The Bertz CT molecular complexity index is 662. The van der Waals surface area contributed by atoms with Crippen LogP contribution >= 0.6 is 12.4 Å². The van der Waals surface area contributed by atoms with Gasteiger partial charge in [0.2, 0.25) is 5.91 Å². The summed E-state index contributed by atoms with van der Waals surface area (Å²) in [5, 5.41) is 3.12. The van der Waals surface area contributed by atoms with Crippen molar-refractivity contribution >= 4 is 53.9 Å². The molecule has 0 atom stereocenters. The zero-order chi connectivity index (χ0) is 21.1. The summed E-state index contributed by atoms with van der Waals surface area (Å²) in [5.41, 5.74) is 0.924. The topological polar surface area (TPSA) is 50.8 Å². The Hall–Kier alpha value is -0.720. The van der Waals surface area contributed by atoms with Crippen LogP contribution in [-0.4, -0.2) is 80.8 Å². The number of methoxy groups -OCH3 is 1. The molecule has 1 aliphatic carbocycles. The number of carbonyl (C=O) groups excluding carboxylic acids is 1. The quantitative estimate of drug-likeness (QED) is 0.303. The SMILES string of the molecule is COc1cc(C=CC(=O)N[C@H]2CC[C@H](C)CC2)ccc1OCCCCCN(C)C.Cl.[NaH]. The standard InChI is InChI=1S/C24H38N2O3.ClH.Na.H/c1-19-8-12-21(13-9-19)25-24(27)15-11-20-10-14-22(23(18-20)28-4)29-17-7-5-6-16-26(2)3;;;/h10-11,14-15,18-19,21H,5-9,12-13,16-17H2,1-4H3,(H,25,27);1H;;/t19-,21-;;;. The van der Waals surface area contributed by atoms with Gasteiger partial charge in [0, 0.05) is 12.1 Å². The molecule has 172 valence electrons. The number of ether oxygens (including phenoxy) is 2. The average molecular weight is 463 g/mol. The summed E-state index contributed by atoms with van der Waals surface area (Å²) in [6.07, 6.45) is 11.3. The normalized spacial score (nSPS) is 18.2. The van der Waals surface area contributed by atoms with Gasteiger partial charge in [-0.2, -0.15) is 0 Å². The molecule has 0 spiro atoms. The molecule has 1 saturated carbocycles. The van der Waals surface area contributed by atoms with Crippen LogP contribution in [0, 0.1) is 5.92 Å². The zero-order valence-corrected chi connectivity index (χ0v) is 19.8. The third-order valence-electron chi connectivity index (χ3n) is 5.48. The molecule has 0 saturated heterocycles. The van der Waals surface area contributed by atoms with E-state index in [1.807, 2.05) is 24.3 Å². The van der Waals surface area contributed by atoms with Crippen molar-refractivity contribution in [3.8, 4) is 11.5 Å². The Labute approximate surface area is 217 Å². The van der Waals surface area contributed by atoms with Gasteiger partial charge >= 0.3 is 29.6 Å². The van der Waals surface area contributed by atoms with E-state index in [1.54, 1.807) is 13.2 Å². The number of unbranched alkanes of at least 4 members (excludes halogenated alkanes) is 2. The van der Waals surface area contributed by atoms with Crippen LogP contribution in [0.5, 0.6) is 11.5 Å². The van der Waals surface area contributed by atoms with Gasteiger partial charge in [0.25, 0.3) is 0 Å². The van der Waals surface area contributed by atoms with Crippen molar-refractivity contribution < 1.29 is 14.3 Å². The molecule has 7 heteroatoms. The second-order valence-electron chi connectivity index (χ2n) is 8.42. The van der Waals surface area contributed by atoms with Crippen LogP contribution in [-0.2, 0) is 4.79 Å². The van der Waals surface area contributed by atoms with Crippen molar-refractivity contribution in [1.29, 1.82) is 0 Å². The Morgan fingerprint density at radius 3 is 2.48 bits per heavy atom. The third-order valence-corrected chi connectivity index (χ3v) is 5.48. The molecule has 31 heavy (non-hydrogen) atoms. The number of nitrogens with one attached hydrogen (secondary N) is 1. The molecule has 1 N–H and O–H groups in total. The molecule has 0 bridgehead atoms. The van der Waals surface area contributed by atoms with Crippen molar-refractivity contribution in [1.82, 2.24) is 10.2 Å². The van der Waals surface area contributed by atoms with Gasteiger partial charge in [0.1, 0.15) is 0 Å². The molecule has 0 aromatic heterocycles. The molecule has 1 aromatic rings. The van der Waals surface area contributed by atoms with Gasteiger partial charge in [-0.05, 0) is 95.3 Å². The first-order valence-corrected chi connectivity index (χ1v) is 10.9. The summed E-state index contributed by atoms with van der Waals surface area (Å²) in [6, 6.07) is 6.09. The summed E-state index contributed by atoms with van der Waals surface area (Å²) in [4.78, 5) is 14.4. The van der Waals surface area contributed by atoms with E-state index in [1.165, 1.54) is 19.3 Å². The summed E-state index contributed by atoms with van der Waals surface area (Å²) < 4.78 is 11.4. The first-order chi connectivity index (χ1) is 14.0. The maximum atomic E-state index is 12.2. The van der Waals surface area contributed by atoms with E-state index in [2.05, 4.69) is 31.2 Å². The monoisotopic (exact) mass is 462 g/mol. The molecule has 0 heterocycles. The van der Waals surface area contributed by atoms with Gasteiger partial charge in [-0.1, -0.05) is 13.0 Å². The molecule has 5 nitrogen and oxygen atoms in total. The fourth-order valence-corrected chi connectivity index (χ4v) is 3.62. The number of amides is 1. The fraction of sp³-hybridized carbons (Fsp3) is 0.625. The molecule has 0 unspecified atom stereocenters. The van der Waals surface area contributed by atoms with Crippen LogP contribution in [0.25, 0.3) is 6.08 Å². The van der Waals surface area contributed by atoms with E-state index in [-0.39, 0.29) is 47.9 Å². The number of rotatable bonds is 11. The van der Waals surface area contributed by atoms with Crippen LogP contribution in [0.3, 0.4) is 0 Å². The Kier molecular flexibility index (Phi) is 16.5. The first kappa shape index (κ1) is 30.3. The maximum absolute atomic E-state index is 12.2. The van der Waals surface area contributed by atoms with E-state index < -0.39 is 0 Å². The molecule has 1 aromatic carbocycles. The summed E-state index contributed by atoms with van der Waals surface area (Å²) in [6.45, 7) is 4.07. The third kappa shape index (κ3) is 12.2. The number of halogens is 1. The Balaban J connectivity index is 0.00000450. The number of hydrogen-bond acceptors (Lipinski definition) is 4. The fourth-order valence-electron chi connectivity index (χ4n) is 3.62. The predicted octanol–water partition coefficient (Wildman–Crippen LogP) is 4.29. The van der Waals surface area contributed by atoms with Crippen molar-refractivity contribution in [2.24, 2.45) is 5.92 Å². The minimum atomic E-state index is -0.0263. The summed E-state index contributed by atoms with van der Waals surface area (Å²) in [5.74, 6) is 2.20. The van der Waals surface area contributed by atoms with Crippen molar-refractivity contribution in [2.75, 3.05) is 34.4 Å². The second-order valence-corrected chi connectivity index (χ2v) is 8.42. The first-order valence-electron chi connectivity index (χ1n) is 10.9. The Morgan fingerprint density at radius 1 is 1.13 bits per heavy atom. The van der Waals surface area contributed by atoms with Crippen LogP contribution in [0.1, 0.15) is 57.4 Å². The molecular formula is C24H40ClN2NaO3. The van der Waals surface area contributed by atoms with E-state index >= 15 is 0 Å². The molecule has 1 aliphatic rings. The van der Waals surface area contributed by atoms with Crippen molar-refractivity contribution in [3.63, 3.8) is 0 Å². The van der Waals surface area contributed by atoms with Crippen molar-refractivity contribution in [3.05, 3.63) is 29.8 Å². The second kappa shape index (κ2) is 16.8. The van der Waals surface area contributed by atoms with E-state index in [0.29, 0.717) is 18.4 Å². The molecule has 1 amide bonds. The Morgan fingerprint density at radius 2 is 1.84 bits per heavy atom. The van der Waals surface area contributed by atoms with Crippen LogP contribution in [0.15, 0.2) is 24.3 Å². The number of carbonyl (C=O) groups is 1. The van der Waals surface area contributed by atoms with Gasteiger partial charge in [-0.15, -0.1) is 12.4 Å². The van der Waals surface area contributed by atoms with Crippen LogP contribution in [0.4, 0.5) is 0 Å². The summed E-state index contributed by atoms with van der Waals surface area (Å²) in [7, 11) is 5.83. The average Bonchev–Trinajstić information content (AvgIpc) is 2.71. The predicted molar refractivity (Wildman–Crippen MR) is 134 cm³/mol. The summed E-state index contributed by atoms with van der Waals surface area (Å²) >= 11 is 0.